The molecule has 0 bridgehead atoms. The molecule has 5 heteroatoms. The second-order valence-electron chi connectivity index (χ2n) is 2.98. The Balaban J connectivity index is 3.42. The summed E-state index contributed by atoms with van der Waals surface area (Å²) in [7, 11) is 0. The van der Waals surface area contributed by atoms with E-state index in [1.54, 1.807) is 6.07 Å². The van der Waals surface area contributed by atoms with E-state index >= 15 is 0 Å². The van der Waals surface area contributed by atoms with Crippen LogP contribution in [0.2, 0.25) is 5.15 Å². The van der Waals surface area contributed by atoms with Gasteiger partial charge >= 0.3 is 0 Å². The van der Waals surface area contributed by atoms with Crippen molar-refractivity contribution in [3.63, 3.8) is 0 Å². The maximum atomic E-state index is 8.70. The summed E-state index contributed by atoms with van der Waals surface area (Å²) in [6, 6.07) is 3.59. The van der Waals surface area contributed by atoms with Gasteiger partial charge in [0.25, 0.3) is 0 Å². The van der Waals surface area contributed by atoms with Crippen LogP contribution in [-0.4, -0.2) is 9.97 Å². The van der Waals surface area contributed by atoms with Crippen LogP contribution in [0, 0.1) is 22.7 Å². The van der Waals surface area contributed by atoms with Gasteiger partial charge in [0.05, 0.1) is 5.69 Å². The molecule has 14 heavy (non-hydrogen) atoms. The van der Waals surface area contributed by atoms with Crippen molar-refractivity contribution in [2.75, 3.05) is 0 Å². The molecule has 0 atom stereocenters. The lowest BCUT2D eigenvalue weighted by atomic mass is 10.1. The number of nitrogens with zero attached hydrogens (tertiary/aromatic N) is 4. The van der Waals surface area contributed by atoms with Gasteiger partial charge in [-0.25, -0.2) is 9.97 Å². The van der Waals surface area contributed by atoms with Crippen LogP contribution in [0.25, 0.3) is 0 Å². The molecule has 0 aliphatic rings. The Morgan fingerprint density at radius 3 is 2.07 bits per heavy atom. The van der Waals surface area contributed by atoms with Crippen molar-refractivity contribution in [1.29, 1.82) is 10.5 Å². The zero-order chi connectivity index (χ0) is 10.7. The number of hydrogen-bond acceptors (Lipinski definition) is 4. The van der Waals surface area contributed by atoms with Crippen molar-refractivity contribution in [3.05, 3.63) is 22.2 Å². The maximum Gasteiger partial charge on any atom is 0.178 e. The Morgan fingerprint density at radius 1 is 1.14 bits per heavy atom. The smallest absolute Gasteiger partial charge is 0.178 e. The Labute approximate surface area is 86.8 Å². The van der Waals surface area contributed by atoms with Gasteiger partial charge in [0.2, 0.25) is 0 Å². The molecule has 0 radical (unpaired) electrons. The van der Waals surface area contributed by atoms with E-state index in [4.69, 9.17) is 22.1 Å². The molecule has 0 aliphatic heterocycles. The standard InChI is InChI=1S/C9H7ClN4/c1-5(2)8-9(10)14-7(4-12)6(3-11)13-8/h5H,1-2H3. The zero-order valence-electron chi connectivity index (χ0n) is 7.74. The van der Waals surface area contributed by atoms with Gasteiger partial charge in [-0.15, -0.1) is 0 Å². The highest BCUT2D eigenvalue weighted by Crippen LogP contribution is 2.21. The average molecular weight is 207 g/mol. The van der Waals surface area contributed by atoms with Crippen LogP contribution in [0.5, 0.6) is 0 Å². The molecule has 1 rings (SSSR count). The van der Waals surface area contributed by atoms with Crippen molar-refractivity contribution in [2.45, 2.75) is 19.8 Å². The van der Waals surface area contributed by atoms with E-state index < -0.39 is 0 Å². The Kier molecular flexibility index (Phi) is 3.01. The highest BCUT2D eigenvalue weighted by atomic mass is 35.5. The van der Waals surface area contributed by atoms with E-state index in [0.717, 1.165) is 0 Å². The lowest BCUT2D eigenvalue weighted by molar-refractivity contribution is 0.806. The highest BCUT2D eigenvalue weighted by molar-refractivity contribution is 6.30. The molecular weight excluding hydrogens is 200 g/mol. The van der Waals surface area contributed by atoms with Gasteiger partial charge in [-0.3, -0.25) is 0 Å². The number of nitriles is 2. The molecule has 0 amide bonds. The molecule has 0 saturated heterocycles. The minimum atomic E-state index is -0.0260. The van der Waals surface area contributed by atoms with Gasteiger partial charge in [0.15, 0.2) is 16.5 Å². The molecule has 1 heterocycles. The van der Waals surface area contributed by atoms with Crippen LogP contribution in [0.4, 0.5) is 0 Å². The van der Waals surface area contributed by atoms with Crippen LogP contribution in [-0.2, 0) is 0 Å². The summed E-state index contributed by atoms with van der Waals surface area (Å²) in [6.45, 7) is 3.78. The first-order valence-corrected chi connectivity index (χ1v) is 4.35. The molecule has 0 spiro atoms. The summed E-state index contributed by atoms with van der Waals surface area (Å²) in [5.74, 6) is 0.0786. The largest absolute Gasteiger partial charge is 0.236 e. The van der Waals surface area contributed by atoms with Crippen LogP contribution in [0.3, 0.4) is 0 Å². The third-order valence-corrected chi connectivity index (χ3v) is 1.91. The molecule has 70 valence electrons. The summed E-state index contributed by atoms with van der Waals surface area (Å²) in [6.07, 6.45) is 0. The van der Waals surface area contributed by atoms with Crippen molar-refractivity contribution >= 4 is 11.6 Å². The van der Waals surface area contributed by atoms with Gasteiger partial charge in [0.1, 0.15) is 12.1 Å². The predicted molar refractivity (Wildman–Crippen MR) is 50.6 cm³/mol. The third kappa shape index (κ3) is 1.81. The molecular formula is C9H7ClN4. The molecule has 0 unspecified atom stereocenters. The summed E-state index contributed by atoms with van der Waals surface area (Å²) in [4.78, 5) is 7.79. The maximum absolute atomic E-state index is 8.70. The van der Waals surface area contributed by atoms with Gasteiger partial charge in [-0.05, 0) is 5.92 Å². The number of aromatic nitrogens is 2. The fourth-order valence-electron chi connectivity index (χ4n) is 0.951. The SMILES string of the molecule is CC(C)c1nc(C#N)c(C#N)nc1Cl. The summed E-state index contributed by atoms with van der Waals surface area (Å²) < 4.78 is 0. The number of halogens is 1. The molecule has 0 aliphatic carbocycles. The fraction of sp³-hybridized carbons (Fsp3) is 0.333. The van der Waals surface area contributed by atoms with Gasteiger partial charge in [0, 0.05) is 0 Å². The second kappa shape index (κ2) is 4.04. The topological polar surface area (TPSA) is 73.4 Å². The van der Waals surface area contributed by atoms with Crippen molar-refractivity contribution < 1.29 is 0 Å². The molecule has 0 fully saturated rings. The second-order valence-corrected chi connectivity index (χ2v) is 3.33. The molecule has 0 aromatic carbocycles. The third-order valence-electron chi connectivity index (χ3n) is 1.64. The zero-order valence-corrected chi connectivity index (χ0v) is 8.50. The molecule has 1 aromatic heterocycles. The molecule has 0 saturated carbocycles. The first kappa shape index (κ1) is 10.4. The van der Waals surface area contributed by atoms with E-state index in [1.807, 2.05) is 19.9 Å². The lowest BCUT2D eigenvalue weighted by Gasteiger charge is -2.06. The van der Waals surface area contributed by atoms with Gasteiger partial charge in [-0.2, -0.15) is 10.5 Å². The lowest BCUT2D eigenvalue weighted by Crippen LogP contribution is -2.02. The van der Waals surface area contributed by atoms with E-state index in [-0.39, 0.29) is 22.5 Å². The van der Waals surface area contributed by atoms with Crippen LogP contribution < -0.4 is 0 Å². The minimum Gasteiger partial charge on any atom is -0.236 e. The van der Waals surface area contributed by atoms with E-state index in [0.29, 0.717) is 5.69 Å². The highest BCUT2D eigenvalue weighted by Gasteiger charge is 2.13. The predicted octanol–water partition coefficient (Wildman–Crippen LogP) is 2.00. The number of hydrogen-bond donors (Lipinski definition) is 0. The monoisotopic (exact) mass is 206 g/mol. The Bertz CT molecular complexity index is 439. The number of rotatable bonds is 1. The Hall–Kier alpha value is -1.65. The van der Waals surface area contributed by atoms with Crippen LogP contribution >= 0.6 is 11.6 Å². The Morgan fingerprint density at radius 2 is 1.64 bits per heavy atom. The van der Waals surface area contributed by atoms with Crippen molar-refractivity contribution in [1.82, 2.24) is 9.97 Å². The van der Waals surface area contributed by atoms with Crippen molar-refractivity contribution in [2.24, 2.45) is 0 Å². The van der Waals surface area contributed by atoms with Gasteiger partial charge in [-0.1, -0.05) is 25.4 Å². The van der Waals surface area contributed by atoms with E-state index in [9.17, 15) is 0 Å². The van der Waals surface area contributed by atoms with Crippen LogP contribution in [0.1, 0.15) is 36.8 Å². The first-order chi connectivity index (χ1) is 6.60. The normalized spacial score (nSPS) is 9.57. The average Bonchev–Trinajstić information content (AvgIpc) is 2.16. The van der Waals surface area contributed by atoms with Gasteiger partial charge < -0.3 is 0 Å². The van der Waals surface area contributed by atoms with E-state index in [2.05, 4.69) is 9.97 Å². The molecule has 0 N–H and O–H groups in total. The molecule has 4 nitrogen and oxygen atoms in total. The molecule has 1 aromatic rings. The summed E-state index contributed by atoms with van der Waals surface area (Å²) in [5, 5.41) is 17.5. The van der Waals surface area contributed by atoms with Crippen molar-refractivity contribution in [3.8, 4) is 12.1 Å². The van der Waals surface area contributed by atoms with E-state index in [1.165, 1.54) is 0 Å². The van der Waals surface area contributed by atoms with Crippen LogP contribution in [0.15, 0.2) is 0 Å². The fourth-order valence-corrected chi connectivity index (χ4v) is 1.30. The summed E-state index contributed by atoms with van der Waals surface area (Å²) in [5.41, 5.74) is 0.546. The minimum absolute atomic E-state index is 0.0260. The first-order valence-electron chi connectivity index (χ1n) is 3.97. The summed E-state index contributed by atoms with van der Waals surface area (Å²) >= 11 is 5.80. The quantitative estimate of drug-likeness (QED) is 0.705.